The number of rotatable bonds is 6. The molecule has 1 aromatic carbocycles. The molecule has 144 valence electrons. The second kappa shape index (κ2) is 8.62. The van der Waals surface area contributed by atoms with Crippen LogP contribution >= 0.6 is 0 Å². The highest BCUT2D eigenvalue weighted by molar-refractivity contribution is 5.98. The Labute approximate surface area is 159 Å². The zero-order valence-electron chi connectivity index (χ0n) is 16.0. The van der Waals surface area contributed by atoms with Crippen LogP contribution in [0.5, 0.6) is 11.5 Å². The molecule has 7 nitrogen and oxygen atoms in total. The van der Waals surface area contributed by atoms with Crippen molar-refractivity contribution in [1.82, 2.24) is 10.3 Å². The fourth-order valence-electron chi connectivity index (χ4n) is 3.32. The number of nitrogens with one attached hydrogen (secondary N) is 2. The van der Waals surface area contributed by atoms with Crippen LogP contribution in [0.3, 0.4) is 0 Å². The van der Waals surface area contributed by atoms with Crippen molar-refractivity contribution in [3.63, 3.8) is 0 Å². The largest absolute Gasteiger partial charge is 0.497 e. The second-order valence-corrected chi connectivity index (χ2v) is 6.46. The number of carbonyl (C=O) groups excluding carboxylic acids is 1. The molecule has 7 heteroatoms. The van der Waals surface area contributed by atoms with Crippen LogP contribution in [0.4, 0.5) is 11.5 Å². The SMILES string of the molecule is CNC(=O)c1cccnc1N1CCC(Nc2cc(OC)cc(OC)c2)CC1. The predicted octanol–water partition coefficient (Wildman–Crippen LogP) is 2.54. The Bertz CT molecular complexity index is 766. The lowest BCUT2D eigenvalue weighted by Crippen LogP contribution is -2.40. The Morgan fingerprint density at radius 1 is 1.15 bits per heavy atom. The number of nitrogens with zero attached hydrogens (tertiary/aromatic N) is 2. The third-order valence-corrected chi connectivity index (χ3v) is 4.78. The van der Waals surface area contributed by atoms with Crippen molar-refractivity contribution in [3.8, 4) is 11.5 Å². The molecule has 0 unspecified atom stereocenters. The highest BCUT2D eigenvalue weighted by atomic mass is 16.5. The summed E-state index contributed by atoms with van der Waals surface area (Å²) in [6.45, 7) is 1.67. The highest BCUT2D eigenvalue weighted by Crippen LogP contribution is 2.28. The molecule has 2 heterocycles. The Hall–Kier alpha value is -2.96. The number of pyridine rings is 1. The van der Waals surface area contributed by atoms with E-state index < -0.39 is 0 Å². The summed E-state index contributed by atoms with van der Waals surface area (Å²) >= 11 is 0. The minimum Gasteiger partial charge on any atom is -0.497 e. The topological polar surface area (TPSA) is 75.7 Å². The molecular weight excluding hydrogens is 344 g/mol. The molecular formula is C20H26N4O3. The number of piperidine rings is 1. The summed E-state index contributed by atoms with van der Waals surface area (Å²) in [5, 5.41) is 6.25. The Morgan fingerprint density at radius 3 is 2.41 bits per heavy atom. The lowest BCUT2D eigenvalue weighted by molar-refractivity contribution is 0.0963. The Kier molecular flexibility index (Phi) is 6.01. The van der Waals surface area contributed by atoms with Crippen LogP contribution in [0.25, 0.3) is 0 Å². The molecule has 1 aliphatic heterocycles. The number of ether oxygens (including phenoxy) is 2. The summed E-state index contributed by atoms with van der Waals surface area (Å²) in [4.78, 5) is 18.7. The van der Waals surface area contributed by atoms with Gasteiger partial charge in [-0.1, -0.05) is 0 Å². The molecule has 0 bridgehead atoms. The van der Waals surface area contributed by atoms with Crippen molar-refractivity contribution in [2.75, 3.05) is 44.6 Å². The van der Waals surface area contributed by atoms with Gasteiger partial charge in [-0.15, -0.1) is 0 Å². The molecule has 0 saturated carbocycles. The molecule has 1 aromatic heterocycles. The molecule has 27 heavy (non-hydrogen) atoms. The standard InChI is InChI=1S/C20H26N4O3/c1-21-20(25)18-5-4-8-22-19(18)24-9-6-14(7-10-24)23-15-11-16(26-2)13-17(12-15)27-3/h4-5,8,11-14,23H,6-7,9-10H2,1-3H3,(H,21,25). The predicted molar refractivity (Wildman–Crippen MR) is 106 cm³/mol. The van der Waals surface area contributed by atoms with Gasteiger partial charge < -0.3 is 25.0 Å². The number of benzene rings is 1. The third kappa shape index (κ3) is 4.42. The van der Waals surface area contributed by atoms with Gasteiger partial charge in [-0.2, -0.15) is 0 Å². The first-order valence-electron chi connectivity index (χ1n) is 9.06. The van der Waals surface area contributed by atoms with Crippen LogP contribution in [-0.4, -0.2) is 51.3 Å². The summed E-state index contributed by atoms with van der Waals surface area (Å²) in [5.41, 5.74) is 1.59. The summed E-state index contributed by atoms with van der Waals surface area (Å²) in [5.74, 6) is 2.16. The average molecular weight is 370 g/mol. The van der Waals surface area contributed by atoms with Crippen LogP contribution < -0.4 is 25.0 Å². The molecule has 0 spiro atoms. The van der Waals surface area contributed by atoms with E-state index in [4.69, 9.17) is 9.47 Å². The number of carbonyl (C=O) groups is 1. The number of hydrogen-bond donors (Lipinski definition) is 2. The molecule has 0 aliphatic carbocycles. The van der Waals surface area contributed by atoms with Gasteiger partial charge in [0, 0.05) is 56.3 Å². The number of aromatic nitrogens is 1. The van der Waals surface area contributed by atoms with Gasteiger partial charge in [0.1, 0.15) is 17.3 Å². The van der Waals surface area contributed by atoms with Crippen LogP contribution in [0.1, 0.15) is 23.2 Å². The normalized spacial score (nSPS) is 14.6. The molecule has 1 amide bonds. The molecule has 1 saturated heterocycles. The minimum atomic E-state index is -0.109. The monoisotopic (exact) mass is 370 g/mol. The molecule has 2 N–H and O–H groups in total. The zero-order chi connectivity index (χ0) is 19.2. The Morgan fingerprint density at radius 2 is 1.81 bits per heavy atom. The highest BCUT2D eigenvalue weighted by Gasteiger charge is 2.23. The number of methoxy groups -OCH3 is 2. The van der Waals surface area contributed by atoms with Crippen LogP contribution in [-0.2, 0) is 0 Å². The molecule has 1 aliphatic rings. The fraction of sp³-hybridized carbons (Fsp3) is 0.400. The summed E-state index contributed by atoms with van der Waals surface area (Å²) in [7, 11) is 4.93. The number of amides is 1. The van der Waals surface area contributed by atoms with E-state index in [-0.39, 0.29) is 5.91 Å². The van der Waals surface area contributed by atoms with E-state index in [0.29, 0.717) is 11.6 Å². The van der Waals surface area contributed by atoms with Crippen molar-refractivity contribution < 1.29 is 14.3 Å². The van der Waals surface area contributed by atoms with Gasteiger partial charge in [-0.25, -0.2) is 4.98 Å². The maximum atomic E-state index is 12.1. The van der Waals surface area contributed by atoms with Crippen LogP contribution in [0, 0.1) is 0 Å². The van der Waals surface area contributed by atoms with Crippen LogP contribution in [0.2, 0.25) is 0 Å². The second-order valence-electron chi connectivity index (χ2n) is 6.46. The summed E-state index contributed by atoms with van der Waals surface area (Å²) < 4.78 is 10.7. The molecule has 2 aromatic rings. The number of anilines is 2. The first kappa shape index (κ1) is 18.8. The van der Waals surface area contributed by atoms with Gasteiger partial charge in [0.15, 0.2) is 0 Å². The van der Waals surface area contributed by atoms with Gasteiger partial charge in [-0.05, 0) is 25.0 Å². The third-order valence-electron chi connectivity index (χ3n) is 4.78. The van der Waals surface area contributed by atoms with Gasteiger partial charge in [0.25, 0.3) is 5.91 Å². The van der Waals surface area contributed by atoms with Gasteiger partial charge in [-0.3, -0.25) is 4.79 Å². The van der Waals surface area contributed by atoms with Crippen molar-refractivity contribution in [2.24, 2.45) is 0 Å². The van der Waals surface area contributed by atoms with E-state index in [1.54, 1.807) is 33.5 Å². The van der Waals surface area contributed by atoms with Crippen LogP contribution in [0.15, 0.2) is 36.5 Å². The summed E-state index contributed by atoms with van der Waals surface area (Å²) in [6.07, 6.45) is 3.63. The minimum absolute atomic E-state index is 0.109. The first-order valence-corrected chi connectivity index (χ1v) is 9.06. The average Bonchev–Trinajstić information content (AvgIpc) is 2.73. The molecule has 3 rings (SSSR count). The zero-order valence-corrected chi connectivity index (χ0v) is 16.0. The fourth-order valence-corrected chi connectivity index (χ4v) is 3.32. The van der Waals surface area contributed by atoms with Gasteiger partial charge in [0.2, 0.25) is 0 Å². The van der Waals surface area contributed by atoms with Crippen molar-refractivity contribution in [1.29, 1.82) is 0 Å². The quantitative estimate of drug-likeness (QED) is 0.814. The smallest absolute Gasteiger partial charge is 0.254 e. The van der Waals surface area contributed by atoms with E-state index in [0.717, 1.165) is 48.9 Å². The first-order chi connectivity index (χ1) is 13.1. The van der Waals surface area contributed by atoms with Gasteiger partial charge >= 0.3 is 0 Å². The van der Waals surface area contributed by atoms with E-state index >= 15 is 0 Å². The maximum Gasteiger partial charge on any atom is 0.254 e. The molecule has 1 fully saturated rings. The molecule has 0 radical (unpaired) electrons. The van der Waals surface area contributed by atoms with E-state index in [1.165, 1.54) is 0 Å². The van der Waals surface area contributed by atoms with Crippen molar-refractivity contribution in [3.05, 3.63) is 42.1 Å². The lowest BCUT2D eigenvalue weighted by Gasteiger charge is -2.34. The van der Waals surface area contributed by atoms with E-state index in [1.807, 2.05) is 24.3 Å². The molecule has 0 atom stereocenters. The van der Waals surface area contributed by atoms with Gasteiger partial charge in [0.05, 0.1) is 19.8 Å². The number of hydrogen-bond acceptors (Lipinski definition) is 6. The van der Waals surface area contributed by atoms with E-state index in [2.05, 4.69) is 20.5 Å². The lowest BCUT2D eigenvalue weighted by atomic mass is 10.0. The van der Waals surface area contributed by atoms with Crippen molar-refractivity contribution in [2.45, 2.75) is 18.9 Å². The van der Waals surface area contributed by atoms with Crippen molar-refractivity contribution >= 4 is 17.4 Å². The van der Waals surface area contributed by atoms with E-state index in [9.17, 15) is 4.79 Å². The maximum absolute atomic E-state index is 12.1. The summed E-state index contributed by atoms with van der Waals surface area (Å²) in [6, 6.07) is 9.74. The Balaban J connectivity index is 1.66.